The average molecular weight is 347 g/mol. The first-order chi connectivity index (χ1) is 8.02. The number of halogens is 1. The summed E-state index contributed by atoms with van der Waals surface area (Å²) < 4.78 is 5.46. The molecule has 90 valence electrons. The first-order valence-electron chi connectivity index (χ1n) is 4.90. The summed E-state index contributed by atoms with van der Waals surface area (Å²) in [6.45, 7) is 0.702. The summed E-state index contributed by atoms with van der Waals surface area (Å²) in [5, 5.41) is 8.91. The normalized spacial score (nSPS) is 13.4. The molecule has 0 aromatic heterocycles. The Labute approximate surface area is 112 Å². The van der Waals surface area contributed by atoms with Crippen molar-refractivity contribution in [1.82, 2.24) is 4.90 Å². The van der Waals surface area contributed by atoms with E-state index in [2.05, 4.69) is 27.3 Å². The van der Waals surface area contributed by atoms with Crippen LogP contribution in [0.3, 0.4) is 0 Å². The maximum atomic E-state index is 11.5. The van der Waals surface area contributed by atoms with Gasteiger partial charge >= 0.3 is 12.1 Å². The molecule has 0 bridgehead atoms. The number of rotatable bonds is 1. The van der Waals surface area contributed by atoms with Crippen LogP contribution in [-0.4, -0.2) is 29.2 Å². The van der Waals surface area contributed by atoms with Crippen LogP contribution in [-0.2, 0) is 17.8 Å². The van der Waals surface area contributed by atoms with E-state index in [4.69, 9.17) is 5.11 Å². The Hall–Kier alpha value is -1.31. The van der Waals surface area contributed by atoms with E-state index < -0.39 is 12.1 Å². The van der Waals surface area contributed by atoms with Crippen molar-refractivity contribution < 1.29 is 19.4 Å². The van der Waals surface area contributed by atoms with Crippen LogP contribution in [0.15, 0.2) is 12.1 Å². The smallest absolute Gasteiger partial charge is 0.407 e. The lowest BCUT2D eigenvalue weighted by Crippen LogP contribution is -2.22. The molecule has 0 saturated heterocycles. The number of carboxylic acid groups (broad SMARTS) is 1. The predicted octanol–water partition coefficient (Wildman–Crippen LogP) is 2.07. The molecule has 0 spiro atoms. The molecule has 1 aliphatic heterocycles. The summed E-state index contributed by atoms with van der Waals surface area (Å²) in [6, 6.07) is 3.55. The van der Waals surface area contributed by atoms with Crippen LogP contribution in [0.1, 0.15) is 21.5 Å². The highest BCUT2D eigenvalue weighted by Gasteiger charge is 2.25. The van der Waals surface area contributed by atoms with Crippen LogP contribution < -0.4 is 0 Å². The van der Waals surface area contributed by atoms with E-state index in [1.165, 1.54) is 12.0 Å². The fraction of sp³-hybridized carbons (Fsp3) is 0.273. The Bertz CT molecular complexity index is 500. The first kappa shape index (κ1) is 12.2. The molecular weight excluding hydrogens is 337 g/mol. The van der Waals surface area contributed by atoms with E-state index in [0.717, 1.165) is 14.7 Å². The van der Waals surface area contributed by atoms with Crippen molar-refractivity contribution in [1.29, 1.82) is 0 Å². The van der Waals surface area contributed by atoms with Crippen LogP contribution in [0, 0.1) is 3.57 Å². The number of nitrogens with zero attached hydrogens (tertiary/aromatic N) is 1. The molecule has 6 heteroatoms. The SMILES string of the molecule is COC(=O)c1cc2c(cc1I)CN(C(=O)O)C2. The Balaban J connectivity index is 2.37. The van der Waals surface area contributed by atoms with Gasteiger partial charge in [-0.3, -0.25) is 4.90 Å². The van der Waals surface area contributed by atoms with Gasteiger partial charge < -0.3 is 9.84 Å². The topological polar surface area (TPSA) is 66.8 Å². The zero-order valence-electron chi connectivity index (χ0n) is 9.07. The second-order valence-corrected chi connectivity index (χ2v) is 4.89. The molecule has 0 aliphatic carbocycles. The summed E-state index contributed by atoms with van der Waals surface area (Å²) in [4.78, 5) is 23.7. The molecule has 0 atom stereocenters. The van der Waals surface area contributed by atoms with Gasteiger partial charge in [-0.1, -0.05) is 0 Å². The van der Waals surface area contributed by atoms with Crippen molar-refractivity contribution >= 4 is 34.7 Å². The van der Waals surface area contributed by atoms with Gasteiger partial charge in [-0.2, -0.15) is 0 Å². The van der Waals surface area contributed by atoms with Crippen LogP contribution in [0.4, 0.5) is 4.79 Å². The van der Waals surface area contributed by atoms with E-state index in [9.17, 15) is 9.59 Å². The first-order valence-corrected chi connectivity index (χ1v) is 5.98. The van der Waals surface area contributed by atoms with Crippen LogP contribution in [0.2, 0.25) is 0 Å². The number of esters is 1. The summed E-state index contributed by atoms with van der Waals surface area (Å²) in [5.41, 5.74) is 2.30. The van der Waals surface area contributed by atoms with E-state index >= 15 is 0 Å². The Kier molecular flexibility index (Phi) is 3.23. The largest absolute Gasteiger partial charge is 0.465 e. The molecule has 0 unspecified atom stereocenters. The van der Waals surface area contributed by atoms with E-state index in [1.54, 1.807) is 6.07 Å². The molecule has 1 aromatic carbocycles. The Morgan fingerprint density at radius 3 is 2.47 bits per heavy atom. The number of amides is 1. The Morgan fingerprint density at radius 1 is 1.35 bits per heavy atom. The molecule has 1 aliphatic rings. The monoisotopic (exact) mass is 347 g/mol. The van der Waals surface area contributed by atoms with Crippen molar-refractivity contribution in [2.45, 2.75) is 13.1 Å². The van der Waals surface area contributed by atoms with Crippen LogP contribution in [0.5, 0.6) is 0 Å². The third-order valence-corrected chi connectivity index (χ3v) is 3.58. The number of carbonyl (C=O) groups is 2. The molecular formula is C11H10INO4. The number of benzene rings is 1. The highest BCUT2D eigenvalue weighted by molar-refractivity contribution is 14.1. The van der Waals surface area contributed by atoms with Crippen molar-refractivity contribution in [2.24, 2.45) is 0 Å². The molecule has 1 amide bonds. The lowest BCUT2D eigenvalue weighted by molar-refractivity contribution is 0.0599. The number of hydrogen-bond acceptors (Lipinski definition) is 3. The zero-order chi connectivity index (χ0) is 12.6. The average Bonchev–Trinajstić information content (AvgIpc) is 2.69. The van der Waals surface area contributed by atoms with Crippen molar-refractivity contribution in [2.75, 3.05) is 7.11 Å². The summed E-state index contributed by atoms with van der Waals surface area (Å²) >= 11 is 2.05. The van der Waals surface area contributed by atoms with E-state index in [-0.39, 0.29) is 0 Å². The quantitative estimate of drug-likeness (QED) is 0.624. The number of methoxy groups -OCH3 is 1. The van der Waals surface area contributed by atoms with Gasteiger partial charge in [0.15, 0.2) is 0 Å². The minimum Gasteiger partial charge on any atom is -0.465 e. The number of carbonyl (C=O) groups excluding carboxylic acids is 1. The third kappa shape index (κ3) is 2.21. The molecule has 1 heterocycles. The minimum absolute atomic E-state index is 0.325. The third-order valence-electron chi connectivity index (χ3n) is 2.69. The maximum absolute atomic E-state index is 11.5. The number of hydrogen-bond donors (Lipinski definition) is 1. The van der Waals surface area contributed by atoms with Crippen molar-refractivity contribution in [3.8, 4) is 0 Å². The number of ether oxygens (including phenoxy) is 1. The predicted molar refractivity (Wildman–Crippen MR) is 67.8 cm³/mol. The van der Waals surface area contributed by atoms with Crippen molar-refractivity contribution in [3.63, 3.8) is 0 Å². The summed E-state index contributed by atoms with van der Waals surface area (Å²) in [6.07, 6.45) is -0.948. The maximum Gasteiger partial charge on any atom is 0.407 e. The highest BCUT2D eigenvalue weighted by Crippen LogP contribution is 2.27. The van der Waals surface area contributed by atoms with Crippen molar-refractivity contribution in [3.05, 3.63) is 32.4 Å². The van der Waals surface area contributed by atoms with Crippen LogP contribution in [0.25, 0.3) is 0 Å². The molecule has 0 radical (unpaired) electrons. The van der Waals surface area contributed by atoms with Gasteiger partial charge in [0.2, 0.25) is 0 Å². The standard InChI is InChI=1S/C11H10INO4/c1-17-10(14)8-2-6-4-13(11(15)16)5-7(6)3-9(8)12/h2-3H,4-5H2,1H3,(H,15,16). The van der Waals surface area contributed by atoms with E-state index in [0.29, 0.717) is 18.7 Å². The van der Waals surface area contributed by atoms with Gasteiger partial charge in [0.1, 0.15) is 0 Å². The fourth-order valence-corrected chi connectivity index (χ4v) is 2.57. The van der Waals surface area contributed by atoms with Gasteiger partial charge in [0, 0.05) is 16.7 Å². The van der Waals surface area contributed by atoms with Gasteiger partial charge in [-0.25, -0.2) is 9.59 Å². The molecule has 1 aromatic rings. The van der Waals surface area contributed by atoms with Gasteiger partial charge in [0.05, 0.1) is 12.7 Å². The van der Waals surface area contributed by atoms with Gasteiger partial charge in [0.25, 0.3) is 0 Å². The second kappa shape index (κ2) is 4.52. The second-order valence-electron chi connectivity index (χ2n) is 3.73. The van der Waals surface area contributed by atoms with Gasteiger partial charge in [-0.05, 0) is 45.9 Å². The zero-order valence-corrected chi connectivity index (χ0v) is 11.2. The lowest BCUT2D eigenvalue weighted by atomic mass is 10.1. The molecule has 0 fully saturated rings. The summed E-state index contributed by atoms with van der Waals surface area (Å²) in [5.74, 6) is -0.397. The van der Waals surface area contributed by atoms with Gasteiger partial charge in [-0.15, -0.1) is 0 Å². The molecule has 17 heavy (non-hydrogen) atoms. The lowest BCUT2D eigenvalue weighted by Gasteiger charge is -2.08. The summed E-state index contributed by atoms with van der Waals surface area (Å²) in [7, 11) is 1.33. The highest BCUT2D eigenvalue weighted by atomic mass is 127. The minimum atomic E-state index is -0.948. The molecule has 0 saturated carbocycles. The van der Waals surface area contributed by atoms with E-state index in [1.807, 2.05) is 6.07 Å². The molecule has 2 rings (SSSR count). The number of fused-ring (bicyclic) bond motifs is 1. The van der Waals surface area contributed by atoms with Crippen LogP contribution >= 0.6 is 22.6 Å². The molecule has 1 N–H and O–H groups in total. The Morgan fingerprint density at radius 2 is 1.94 bits per heavy atom. The fourth-order valence-electron chi connectivity index (χ4n) is 1.82. The molecule has 5 nitrogen and oxygen atoms in total.